The van der Waals surface area contributed by atoms with Crippen molar-refractivity contribution in [3.63, 3.8) is 0 Å². The molecule has 0 aliphatic carbocycles. The first-order valence-electron chi connectivity index (χ1n) is 6.70. The highest BCUT2D eigenvalue weighted by atomic mass is 16.2. The van der Waals surface area contributed by atoms with Crippen LogP contribution in [0.5, 0.6) is 0 Å². The van der Waals surface area contributed by atoms with Gasteiger partial charge in [0.15, 0.2) is 0 Å². The van der Waals surface area contributed by atoms with Gasteiger partial charge >= 0.3 is 0 Å². The van der Waals surface area contributed by atoms with Crippen LogP contribution in [0, 0.1) is 5.92 Å². The second-order valence-corrected chi connectivity index (χ2v) is 5.21. The molecule has 2 N–H and O–H groups in total. The molecule has 2 rings (SSSR count). The summed E-state index contributed by atoms with van der Waals surface area (Å²) in [6.45, 7) is 5.33. The van der Waals surface area contributed by atoms with Crippen molar-refractivity contribution in [2.75, 3.05) is 13.1 Å². The third-order valence-corrected chi connectivity index (χ3v) is 4.04. The van der Waals surface area contributed by atoms with Crippen LogP contribution in [0.1, 0.15) is 31.7 Å². The summed E-state index contributed by atoms with van der Waals surface area (Å²) in [7, 11) is 0. The van der Waals surface area contributed by atoms with E-state index in [1.807, 2.05) is 17.9 Å². The number of nitrogens with zero attached hydrogens (tertiary/aromatic N) is 1. The van der Waals surface area contributed by atoms with E-state index < -0.39 is 0 Å². The largest absolute Gasteiger partial charge is 0.339 e. The molecule has 1 aliphatic rings. The van der Waals surface area contributed by atoms with Crippen LogP contribution >= 0.6 is 0 Å². The Morgan fingerprint density at radius 1 is 1.44 bits per heavy atom. The topological polar surface area (TPSA) is 46.3 Å². The predicted molar refractivity (Wildman–Crippen MR) is 73.2 cm³/mol. The average Bonchev–Trinajstić information content (AvgIpc) is 2.80. The molecule has 3 atom stereocenters. The highest BCUT2D eigenvalue weighted by Crippen LogP contribution is 2.33. The van der Waals surface area contributed by atoms with Gasteiger partial charge < -0.3 is 10.6 Å². The first-order valence-corrected chi connectivity index (χ1v) is 6.70. The van der Waals surface area contributed by atoms with Crippen LogP contribution in [0.2, 0.25) is 0 Å². The summed E-state index contributed by atoms with van der Waals surface area (Å²) in [5.74, 6) is 0.588. The lowest BCUT2D eigenvalue weighted by Crippen LogP contribution is -2.40. The van der Waals surface area contributed by atoms with Gasteiger partial charge in [-0.3, -0.25) is 4.79 Å². The summed E-state index contributed by atoms with van der Waals surface area (Å²) < 4.78 is 0. The number of amides is 1. The molecule has 0 saturated carbocycles. The number of nitrogens with two attached hydrogens (primary N) is 1. The lowest BCUT2D eigenvalue weighted by molar-refractivity contribution is -0.135. The smallest absolute Gasteiger partial charge is 0.226 e. The molecule has 0 spiro atoms. The molecule has 1 amide bonds. The summed E-state index contributed by atoms with van der Waals surface area (Å²) >= 11 is 0. The van der Waals surface area contributed by atoms with Gasteiger partial charge in [-0.1, -0.05) is 37.3 Å². The van der Waals surface area contributed by atoms with Crippen LogP contribution in [0.3, 0.4) is 0 Å². The van der Waals surface area contributed by atoms with E-state index in [-0.39, 0.29) is 17.9 Å². The van der Waals surface area contributed by atoms with Gasteiger partial charge in [-0.2, -0.15) is 0 Å². The van der Waals surface area contributed by atoms with E-state index >= 15 is 0 Å². The zero-order valence-electron chi connectivity index (χ0n) is 11.2. The maximum absolute atomic E-state index is 12.2. The van der Waals surface area contributed by atoms with E-state index in [0.717, 1.165) is 13.0 Å². The van der Waals surface area contributed by atoms with E-state index in [1.54, 1.807) is 0 Å². The van der Waals surface area contributed by atoms with Crippen LogP contribution < -0.4 is 5.73 Å². The van der Waals surface area contributed by atoms with Crippen molar-refractivity contribution in [1.29, 1.82) is 0 Å². The van der Waals surface area contributed by atoms with E-state index in [1.165, 1.54) is 5.56 Å². The Labute approximate surface area is 109 Å². The van der Waals surface area contributed by atoms with Crippen molar-refractivity contribution in [1.82, 2.24) is 4.90 Å². The summed E-state index contributed by atoms with van der Waals surface area (Å²) in [6, 6.07) is 10.7. The molecule has 1 aromatic carbocycles. The van der Waals surface area contributed by atoms with Gasteiger partial charge in [0.05, 0.1) is 0 Å². The van der Waals surface area contributed by atoms with E-state index in [0.29, 0.717) is 12.5 Å². The molecule has 1 fully saturated rings. The Morgan fingerprint density at radius 3 is 2.72 bits per heavy atom. The molecule has 1 aromatic rings. The maximum Gasteiger partial charge on any atom is 0.226 e. The molecule has 0 aromatic heterocycles. The minimum atomic E-state index is -0.0676. The second-order valence-electron chi connectivity index (χ2n) is 5.21. The molecule has 3 heteroatoms. The first kappa shape index (κ1) is 13.1. The molecule has 3 nitrogen and oxygen atoms in total. The summed E-state index contributed by atoms with van der Waals surface area (Å²) in [6.07, 6.45) is 1.05. The molecule has 1 aliphatic heterocycles. The van der Waals surface area contributed by atoms with E-state index in [2.05, 4.69) is 31.2 Å². The summed E-state index contributed by atoms with van der Waals surface area (Å²) in [4.78, 5) is 14.2. The highest BCUT2D eigenvalue weighted by Gasteiger charge is 2.35. The fraction of sp³-hybridized carbons (Fsp3) is 0.533. The van der Waals surface area contributed by atoms with Crippen molar-refractivity contribution in [2.24, 2.45) is 11.7 Å². The zero-order chi connectivity index (χ0) is 13.1. The molecular weight excluding hydrogens is 224 g/mol. The molecule has 3 unspecified atom stereocenters. The molecule has 1 heterocycles. The van der Waals surface area contributed by atoms with Gasteiger partial charge in [-0.05, 0) is 18.9 Å². The minimum Gasteiger partial charge on any atom is -0.339 e. The number of benzene rings is 1. The second kappa shape index (κ2) is 5.53. The lowest BCUT2D eigenvalue weighted by atomic mass is 9.92. The van der Waals surface area contributed by atoms with Crippen LogP contribution in [0.4, 0.5) is 0 Å². The minimum absolute atomic E-state index is 0.0676. The third kappa shape index (κ3) is 2.41. The van der Waals surface area contributed by atoms with Gasteiger partial charge in [-0.15, -0.1) is 0 Å². The first-order chi connectivity index (χ1) is 8.65. The van der Waals surface area contributed by atoms with Crippen molar-refractivity contribution in [3.8, 4) is 0 Å². The van der Waals surface area contributed by atoms with E-state index in [9.17, 15) is 4.79 Å². The van der Waals surface area contributed by atoms with Gasteiger partial charge in [-0.25, -0.2) is 0 Å². The highest BCUT2D eigenvalue weighted by molar-refractivity contribution is 5.79. The predicted octanol–water partition coefficient (Wildman–Crippen LogP) is 1.99. The molecule has 0 bridgehead atoms. The third-order valence-electron chi connectivity index (χ3n) is 4.04. The van der Waals surface area contributed by atoms with Gasteiger partial charge in [0, 0.05) is 31.0 Å². The summed E-state index contributed by atoms with van der Waals surface area (Å²) in [5, 5.41) is 0. The number of hydrogen-bond donors (Lipinski definition) is 1. The Kier molecular flexibility index (Phi) is 4.02. The van der Waals surface area contributed by atoms with Crippen molar-refractivity contribution >= 4 is 5.91 Å². The standard InChI is InChI=1S/C15H22N2O/c1-11(10-16)15(18)17-9-8-14(12(17)2)13-6-4-3-5-7-13/h3-7,11-12,14H,8-10,16H2,1-2H3. The molecular formula is C15H22N2O. The quantitative estimate of drug-likeness (QED) is 0.886. The number of likely N-dealkylation sites (tertiary alicyclic amines) is 1. The zero-order valence-corrected chi connectivity index (χ0v) is 11.2. The lowest BCUT2D eigenvalue weighted by Gasteiger charge is -2.27. The molecule has 18 heavy (non-hydrogen) atoms. The summed E-state index contributed by atoms with van der Waals surface area (Å²) in [5.41, 5.74) is 6.92. The maximum atomic E-state index is 12.2. The number of rotatable bonds is 3. The Morgan fingerprint density at radius 2 is 2.11 bits per heavy atom. The Balaban J connectivity index is 2.10. The SMILES string of the molecule is CC(CN)C(=O)N1CCC(c2ccccc2)C1C. The van der Waals surface area contributed by atoms with Crippen molar-refractivity contribution in [2.45, 2.75) is 32.2 Å². The molecule has 98 valence electrons. The van der Waals surface area contributed by atoms with E-state index in [4.69, 9.17) is 5.73 Å². The van der Waals surface area contributed by atoms with Crippen LogP contribution in [-0.2, 0) is 4.79 Å². The van der Waals surface area contributed by atoms with Crippen LogP contribution in [0.25, 0.3) is 0 Å². The fourth-order valence-electron chi connectivity index (χ4n) is 2.78. The molecule has 1 saturated heterocycles. The van der Waals surface area contributed by atoms with Crippen molar-refractivity contribution in [3.05, 3.63) is 35.9 Å². The normalized spacial score (nSPS) is 25.2. The van der Waals surface area contributed by atoms with Gasteiger partial charge in [0.25, 0.3) is 0 Å². The number of carbonyl (C=O) groups is 1. The molecule has 0 radical (unpaired) electrons. The van der Waals surface area contributed by atoms with Crippen molar-refractivity contribution < 1.29 is 4.79 Å². The van der Waals surface area contributed by atoms with Gasteiger partial charge in [0.2, 0.25) is 5.91 Å². The average molecular weight is 246 g/mol. The Hall–Kier alpha value is -1.35. The van der Waals surface area contributed by atoms with Crippen LogP contribution in [-0.4, -0.2) is 29.9 Å². The van der Waals surface area contributed by atoms with Crippen LogP contribution in [0.15, 0.2) is 30.3 Å². The Bertz CT molecular complexity index is 404. The number of hydrogen-bond acceptors (Lipinski definition) is 2. The van der Waals surface area contributed by atoms with Gasteiger partial charge in [0.1, 0.15) is 0 Å². The fourth-order valence-corrected chi connectivity index (χ4v) is 2.78. The number of carbonyl (C=O) groups excluding carboxylic acids is 1. The monoisotopic (exact) mass is 246 g/mol.